The van der Waals surface area contributed by atoms with Gasteiger partial charge in [-0.3, -0.25) is 4.79 Å². The van der Waals surface area contributed by atoms with Gasteiger partial charge < -0.3 is 0 Å². The molecule has 0 atom stereocenters. The largest absolute Gasteiger partial charge is 0.286 e. The summed E-state index contributed by atoms with van der Waals surface area (Å²) in [6.45, 7) is 1.81. The van der Waals surface area contributed by atoms with E-state index in [1.54, 1.807) is 10.8 Å². The number of hydrogen-bond donors (Lipinski definition) is 0. The molecule has 0 saturated heterocycles. The van der Waals surface area contributed by atoms with E-state index in [2.05, 4.69) is 4.98 Å². The molecule has 0 saturated carbocycles. The minimum Gasteiger partial charge on any atom is -0.286 e. The number of halogens is 1. The van der Waals surface area contributed by atoms with E-state index in [0.29, 0.717) is 5.69 Å². The average molecular weight is 227 g/mol. The third-order valence-corrected chi connectivity index (χ3v) is 3.34. The lowest BCUT2D eigenvalue weighted by molar-refractivity contribution is 0.103. The van der Waals surface area contributed by atoms with Gasteiger partial charge in [-0.15, -0.1) is 22.7 Å². The van der Waals surface area contributed by atoms with Crippen LogP contribution in [0.25, 0.3) is 0 Å². The molecule has 2 aromatic rings. The Morgan fingerprint density at radius 1 is 1.50 bits per heavy atom. The number of aromatic nitrogens is 1. The lowest BCUT2D eigenvalue weighted by Crippen LogP contribution is -2.01. The van der Waals surface area contributed by atoms with E-state index in [0.717, 1.165) is 16.3 Å². The molecule has 0 spiro atoms. The van der Waals surface area contributed by atoms with Crippen molar-refractivity contribution in [3.05, 3.63) is 38.2 Å². The SMILES string of the molecule is Cc1nc(C(=O)c2sccc2F)cs1. The number of carbonyl (C=O) groups is 1. The van der Waals surface area contributed by atoms with Crippen LogP contribution in [0.15, 0.2) is 16.8 Å². The van der Waals surface area contributed by atoms with Crippen molar-refractivity contribution in [1.29, 1.82) is 0 Å². The molecule has 0 radical (unpaired) electrons. The maximum absolute atomic E-state index is 13.1. The second-order valence-corrected chi connectivity index (χ2v) is 4.66. The van der Waals surface area contributed by atoms with Crippen LogP contribution in [0.3, 0.4) is 0 Å². The monoisotopic (exact) mass is 227 g/mol. The van der Waals surface area contributed by atoms with Crippen molar-refractivity contribution in [2.24, 2.45) is 0 Å². The number of carbonyl (C=O) groups excluding carboxylic acids is 1. The van der Waals surface area contributed by atoms with Crippen LogP contribution in [0.1, 0.15) is 20.4 Å². The zero-order valence-electron chi connectivity index (χ0n) is 7.28. The molecule has 0 aliphatic heterocycles. The fourth-order valence-electron chi connectivity index (χ4n) is 1.04. The van der Waals surface area contributed by atoms with Crippen LogP contribution in [0.4, 0.5) is 4.39 Å². The number of aryl methyl sites for hydroxylation is 1. The van der Waals surface area contributed by atoms with E-state index in [9.17, 15) is 9.18 Å². The van der Waals surface area contributed by atoms with Crippen molar-refractivity contribution in [3.63, 3.8) is 0 Å². The Bertz CT molecular complexity index is 475. The minimum atomic E-state index is -0.467. The third-order valence-electron chi connectivity index (χ3n) is 1.68. The topological polar surface area (TPSA) is 30.0 Å². The second kappa shape index (κ2) is 3.59. The van der Waals surface area contributed by atoms with Gasteiger partial charge in [0.05, 0.1) is 5.01 Å². The Balaban J connectivity index is 2.38. The molecule has 0 bridgehead atoms. The molecular weight excluding hydrogens is 221 g/mol. The van der Waals surface area contributed by atoms with Gasteiger partial charge in [-0.05, 0) is 18.4 Å². The Morgan fingerprint density at radius 3 is 2.79 bits per heavy atom. The van der Waals surface area contributed by atoms with Crippen molar-refractivity contribution >= 4 is 28.5 Å². The highest BCUT2D eigenvalue weighted by molar-refractivity contribution is 7.12. The van der Waals surface area contributed by atoms with Crippen molar-refractivity contribution in [3.8, 4) is 0 Å². The summed E-state index contributed by atoms with van der Waals surface area (Å²) in [7, 11) is 0. The summed E-state index contributed by atoms with van der Waals surface area (Å²) < 4.78 is 13.1. The summed E-state index contributed by atoms with van der Waals surface area (Å²) in [5.41, 5.74) is 0.328. The van der Waals surface area contributed by atoms with Gasteiger partial charge in [-0.2, -0.15) is 0 Å². The first-order chi connectivity index (χ1) is 6.68. The summed E-state index contributed by atoms with van der Waals surface area (Å²) >= 11 is 2.49. The molecule has 72 valence electrons. The maximum Gasteiger partial charge on any atom is 0.225 e. The predicted octanol–water partition coefficient (Wildman–Crippen LogP) is 2.88. The number of thiophene rings is 1. The van der Waals surface area contributed by atoms with Crippen LogP contribution < -0.4 is 0 Å². The maximum atomic E-state index is 13.1. The molecule has 0 aromatic carbocycles. The Hall–Kier alpha value is -1.07. The first-order valence-corrected chi connectivity index (χ1v) is 5.64. The fourth-order valence-corrected chi connectivity index (χ4v) is 2.35. The zero-order valence-corrected chi connectivity index (χ0v) is 8.91. The first-order valence-electron chi connectivity index (χ1n) is 3.88. The van der Waals surface area contributed by atoms with Crippen LogP contribution in [0, 0.1) is 12.7 Å². The fraction of sp³-hybridized carbons (Fsp3) is 0.111. The molecule has 14 heavy (non-hydrogen) atoms. The van der Waals surface area contributed by atoms with E-state index in [1.807, 2.05) is 6.92 Å². The van der Waals surface area contributed by atoms with Crippen LogP contribution in [0.5, 0.6) is 0 Å². The van der Waals surface area contributed by atoms with Gasteiger partial charge in [0.1, 0.15) is 16.4 Å². The minimum absolute atomic E-state index is 0.135. The zero-order chi connectivity index (χ0) is 10.1. The van der Waals surface area contributed by atoms with Gasteiger partial charge in [0.2, 0.25) is 5.78 Å². The van der Waals surface area contributed by atoms with Gasteiger partial charge in [0.15, 0.2) is 0 Å². The van der Waals surface area contributed by atoms with Gasteiger partial charge in [-0.25, -0.2) is 9.37 Å². The summed E-state index contributed by atoms with van der Waals surface area (Å²) in [5, 5.41) is 4.02. The molecule has 2 aromatic heterocycles. The molecule has 2 rings (SSSR count). The molecule has 2 nitrogen and oxygen atoms in total. The first kappa shape index (κ1) is 9.48. The van der Waals surface area contributed by atoms with Crippen LogP contribution in [-0.2, 0) is 0 Å². The lowest BCUT2D eigenvalue weighted by atomic mass is 10.2. The van der Waals surface area contributed by atoms with E-state index in [4.69, 9.17) is 0 Å². The Labute approximate surface area is 88.0 Å². The molecule has 0 fully saturated rings. The quantitative estimate of drug-likeness (QED) is 0.738. The van der Waals surface area contributed by atoms with Gasteiger partial charge in [0, 0.05) is 5.38 Å². The van der Waals surface area contributed by atoms with E-state index >= 15 is 0 Å². The highest BCUT2D eigenvalue weighted by atomic mass is 32.1. The van der Waals surface area contributed by atoms with Gasteiger partial charge in [0.25, 0.3) is 0 Å². The number of rotatable bonds is 2. The smallest absolute Gasteiger partial charge is 0.225 e. The summed E-state index contributed by atoms with van der Waals surface area (Å²) in [4.78, 5) is 15.8. The molecule has 0 unspecified atom stereocenters. The average Bonchev–Trinajstić information content (AvgIpc) is 2.73. The van der Waals surface area contributed by atoms with E-state index < -0.39 is 5.82 Å². The summed E-state index contributed by atoms with van der Waals surface area (Å²) in [6, 6.07) is 1.29. The van der Waals surface area contributed by atoms with E-state index in [1.165, 1.54) is 17.4 Å². The molecule has 0 amide bonds. The van der Waals surface area contributed by atoms with Crippen LogP contribution in [0.2, 0.25) is 0 Å². The normalized spacial score (nSPS) is 10.4. The Kier molecular flexibility index (Phi) is 2.43. The molecule has 0 N–H and O–H groups in total. The number of ketones is 1. The third kappa shape index (κ3) is 1.60. The van der Waals surface area contributed by atoms with Crippen molar-refractivity contribution < 1.29 is 9.18 Å². The molecule has 2 heterocycles. The standard InChI is InChI=1S/C9H6FNOS2/c1-5-11-7(4-14-5)8(12)9-6(10)2-3-13-9/h2-4H,1H3. The molecule has 0 aliphatic rings. The van der Waals surface area contributed by atoms with Crippen molar-refractivity contribution in [2.45, 2.75) is 6.92 Å². The summed E-state index contributed by atoms with van der Waals surface area (Å²) in [6.07, 6.45) is 0. The number of nitrogens with zero attached hydrogens (tertiary/aromatic N) is 1. The van der Waals surface area contributed by atoms with Crippen LogP contribution >= 0.6 is 22.7 Å². The molecule has 0 aliphatic carbocycles. The predicted molar refractivity (Wildman–Crippen MR) is 54.6 cm³/mol. The highest BCUT2D eigenvalue weighted by Gasteiger charge is 2.17. The molecule has 5 heteroatoms. The van der Waals surface area contributed by atoms with Gasteiger partial charge in [-0.1, -0.05) is 0 Å². The van der Waals surface area contributed by atoms with Crippen molar-refractivity contribution in [1.82, 2.24) is 4.98 Å². The van der Waals surface area contributed by atoms with Crippen molar-refractivity contribution in [2.75, 3.05) is 0 Å². The Morgan fingerprint density at radius 2 is 2.29 bits per heavy atom. The van der Waals surface area contributed by atoms with Crippen LogP contribution in [-0.4, -0.2) is 10.8 Å². The lowest BCUT2D eigenvalue weighted by Gasteiger charge is -1.91. The highest BCUT2D eigenvalue weighted by Crippen LogP contribution is 2.20. The van der Waals surface area contributed by atoms with E-state index in [-0.39, 0.29) is 10.7 Å². The number of hydrogen-bond acceptors (Lipinski definition) is 4. The number of thiazole rings is 1. The molecular formula is C9H6FNOS2. The van der Waals surface area contributed by atoms with Gasteiger partial charge >= 0.3 is 0 Å². The summed E-state index contributed by atoms with van der Waals surface area (Å²) in [5.74, 6) is -0.799. The second-order valence-electron chi connectivity index (χ2n) is 2.68.